The molecule has 0 bridgehead atoms. The predicted molar refractivity (Wildman–Crippen MR) is 126 cm³/mol. The second kappa shape index (κ2) is 8.76. The van der Waals surface area contributed by atoms with Crippen molar-refractivity contribution in [2.75, 3.05) is 18.0 Å². The Morgan fingerprint density at radius 2 is 1.65 bits per heavy atom. The molecule has 0 amide bonds. The first-order valence-corrected chi connectivity index (χ1v) is 10.9. The van der Waals surface area contributed by atoms with Crippen molar-refractivity contribution in [1.29, 1.82) is 0 Å². The average Bonchev–Trinajstić information content (AvgIpc) is 2.84. The molecule has 1 fully saturated rings. The second-order valence-electron chi connectivity index (χ2n) is 8.30. The van der Waals surface area contributed by atoms with Crippen LogP contribution in [-0.4, -0.2) is 29.1 Å². The van der Waals surface area contributed by atoms with Crippen LogP contribution in [0.2, 0.25) is 0 Å². The van der Waals surface area contributed by atoms with Gasteiger partial charge in [0.2, 0.25) is 11.6 Å². The fourth-order valence-corrected chi connectivity index (χ4v) is 4.23. The molecule has 0 saturated carbocycles. The highest BCUT2D eigenvalue weighted by Gasteiger charge is 2.22. The van der Waals surface area contributed by atoms with Gasteiger partial charge in [-0.1, -0.05) is 30.3 Å². The van der Waals surface area contributed by atoms with Gasteiger partial charge in [0.1, 0.15) is 17.5 Å². The van der Waals surface area contributed by atoms with Crippen LogP contribution in [0.5, 0.6) is 0 Å². The molecule has 1 aliphatic rings. The third kappa shape index (κ3) is 3.95. The maximum absolute atomic E-state index is 15.2. The van der Waals surface area contributed by atoms with E-state index in [1.165, 1.54) is 42.5 Å². The van der Waals surface area contributed by atoms with E-state index in [4.69, 9.17) is 17.3 Å². The SMILES string of the molecule is [C-]#[N+]c1ccc(-c2nc(N3CCC(N)CC3)nc3cc(F)c(-c4ccccc4F)cc23)cc1F. The summed E-state index contributed by atoms with van der Waals surface area (Å²) in [4.78, 5) is 14.4. The minimum Gasteiger partial charge on any atom is -0.341 e. The molecule has 0 spiro atoms. The van der Waals surface area contributed by atoms with Gasteiger partial charge in [0.15, 0.2) is 0 Å². The summed E-state index contributed by atoms with van der Waals surface area (Å²) in [6.45, 7) is 8.40. The van der Waals surface area contributed by atoms with Crippen LogP contribution in [-0.2, 0) is 0 Å². The molecular weight excluding hydrogens is 439 g/mol. The fourth-order valence-electron chi connectivity index (χ4n) is 4.23. The zero-order chi connectivity index (χ0) is 23.8. The Hall–Kier alpha value is -3.96. The predicted octanol–water partition coefficient (Wildman–Crippen LogP) is 5.86. The minimum atomic E-state index is -0.679. The first-order chi connectivity index (χ1) is 16.4. The van der Waals surface area contributed by atoms with Gasteiger partial charge in [0.05, 0.1) is 17.8 Å². The number of anilines is 1. The summed E-state index contributed by atoms with van der Waals surface area (Å²) in [5.74, 6) is -1.47. The summed E-state index contributed by atoms with van der Waals surface area (Å²) in [5, 5.41) is 0.451. The summed E-state index contributed by atoms with van der Waals surface area (Å²) < 4.78 is 44.1. The molecule has 3 aromatic carbocycles. The van der Waals surface area contributed by atoms with Crippen LogP contribution in [0.3, 0.4) is 0 Å². The highest BCUT2D eigenvalue weighted by Crippen LogP contribution is 2.36. The van der Waals surface area contributed by atoms with Crippen LogP contribution >= 0.6 is 0 Å². The van der Waals surface area contributed by atoms with Crippen molar-refractivity contribution in [3.05, 3.63) is 83.5 Å². The van der Waals surface area contributed by atoms with Gasteiger partial charge in [0, 0.05) is 47.3 Å². The molecule has 0 unspecified atom stereocenters. The Morgan fingerprint density at radius 3 is 2.35 bits per heavy atom. The summed E-state index contributed by atoms with van der Waals surface area (Å²) in [6.07, 6.45) is 1.54. The van der Waals surface area contributed by atoms with E-state index in [1.54, 1.807) is 12.1 Å². The van der Waals surface area contributed by atoms with E-state index < -0.39 is 17.5 Å². The molecule has 2 N–H and O–H groups in total. The van der Waals surface area contributed by atoms with Crippen molar-refractivity contribution >= 4 is 22.5 Å². The van der Waals surface area contributed by atoms with Crippen molar-refractivity contribution in [2.24, 2.45) is 5.73 Å². The lowest BCUT2D eigenvalue weighted by Gasteiger charge is -2.30. The number of aromatic nitrogens is 2. The lowest BCUT2D eigenvalue weighted by Crippen LogP contribution is -2.40. The quantitative estimate of drug-likeness (QED) is 0.390. The highest BCUT2D eigenvalue weighted by atomic mass is 19.1. The molecule has 5 rings (SSSR count). The maximum atomic E-state index is 15.2. The van der Waals surface area contributed by atoms with Gasteiger partial charge >= 0.3 is 0 Å². The van der Waals surface area contributed by atoms with Gasteiger partial charge in [-0.3, -0.25) is 0 Å². The third-order valence-electron chi connectivity index (χ3n) is 6.10. The molecular formula is C26H20F3N5. The van der Waals surface area contributed by atoms with Crippen LogP contribution in [0.4, 0.5) is 24.8 Å². The van der Waals surface area contributed by atoms with E-state index in [0.717, 1.165) is 12.8 Å². The van der Waals surface area contributed by atoms with Crippen molar-refractivity contribution < 1.29 is 13.2 Å². The number of hydrogen-bond donors (Lipinski definition) is 1. The smallest absolute Gasteiger partial charge is 0.226 e. The van der Waals surface area contributed by atoms with Crippen molar-refractivity contribution in [3.8, 4) is 22.4 Å². The monoisotopic (exact) mass is 459 g/mol. The lowest BCUT2D eigenvalue weighted by molar-refractivity contribution is 0.496. The molecule has 4 aromatic rings. The number of hydrogen-bond acceptors (Lipinski definition) is 4. The van der Waals surface area contributed by atoms with Gasteiger partial charge in [-0.25, -0.2) is 28.0 Å². The van der Waals surface area contributed by atoms with E-state index in [2.05, 4.69) is 9.83 Å². The molecule has 2 heterocycles. The van der Waals surface area contributed by atoms with E-state index in [0.29, 0.717) is 41.2 Å². The molecule has 1 saturated heterocycles. The number of rotatable bonds is 3. The van der Waals surface area contributed by atoms with Crippen LogP contribution in [0.25, 0.3) is 38.1 Å². The van der Waals surface area contributed by atoms with Crippen LogP contribution < -0.4 is 10.6 Å². The lowest BCUT2D eigenvalue weighted by atomic mass is 9.99. The van der Waals surface area contributed by atoms with Gasteiger partial charge < -0.3 is 10.6 Å². The Morgan fingerprint density at radius 1 is 0.882 bits per heavy atom. The van der Waals surface area contributed by atoms with Gasteiger partial charge in [-0.2, -0.15) is 0 Å². The van der Waals surface area contributed by atoms with E-state index in [9.17, 15) is 8.78 Å². The summed E-state index contributed by atoms with van der Waals surface area (Å²) in [6, 6.07) is 13.0. The van der Waals surface area contributed by atoms with Gasteiger partial charge in [-0.05, 0) is 31.0 Å². The van der Waals surface area contributed by atoms with Crippen molar-refractivity contribution in [2.45, 2.75) is 18.9 Å². The molecule has 8 heteroatoms. The number of fused-ring (bicyclic) bond motifs is 1. The van der Waals surface area contributed by atoms with Crippen molar-refractivity contribution in [3.63, 3.8) is 0 Å². The first kappa shape index (κ1) is 21.9. The second-order valence-corrected chi connectivity index (χ2v) is 8.30. The molecule has 0 radical (unpaired) electrons. The first-order valence-electron chi connectivity index (χ1n) is 10.9. The molecule has 1 aliphatic heterocycles. The zero-order valence-corrected chi connectivity index (χ0v) is 18.1. The maximum Gasteiger partial charge on any atom is 0.226 e. The van der Waals surface area contributed by atoms with Crippen LogP contribution in [0, 0.1) is 24.0 Å². The Labute approximate surface area is 194 Å². The Kier molecular flexibility index (Phi) is 5.64. The Balaban J connectivity index is 1.74. The Bertz CT molecular complexity index is 1440. The van der Waals surface area contributed by atoms with Crippen molar-refractivity contribution in [1.82, 2.24) is 9.97 Å². The third-order valence-corrected chi connectivity index (χ3v) is 6.10. The topological polar surface area (TPSA) is 59.4 Å². The summed E-state index contributed by atoms with van der Waals surface area (Å²) in [7, 11) is 0. The molecule has 170 valence electrons. The average molecular weight is 459 g/mol. The summed E-state index contributed by atoms with van der Waals surface area (Å²) >= 11 is 0. The van der Waals surface area contributed by atoms with E-state index >= 15 is 4.39 Å². The number of piperidine rings is 1. The zero-order valence-electron chi connectivity index (χ0n) is 18.1. The molecule has 1 aromatic heterocycles. The van der Waals surface area contributed by atoms with Crippen LogP contribution in [0.15, 0.2) is 54.6 Å². The van der Waals surface area contributed by atoms with Gasteiger partial charge in [0.25, 0.3) is 0 Å². The number of nitrogens with zero attached hydrogens (tertiary/aromatic N) is 4. The number of benzene rings is 3. The fraction of sp³-hybridized carbons (Fsp3) is 0.192. The largest absolute Gasteiger partial charge is 0.341 e. The molecule has 0 aliphatic carbocycles. The number of nitrogens with two attached hydrogens (primary N) is 1. The van der Waals surface area contributed by atoms with E-state index in [-0.39, 0.29) is 22.9 Å². The minimum absolute atomic E-state index is 0.0606. The molecule has 5 nitrogen and oxygen atoms in total. The van der Waals surface area contributed by atoms with Gasteiger partial charge in [-0.15, -0.1) is 0 Å². The molecule has 34 heavy (non-hydrogen) atoms. The number of halogens is 3. The normalized spacial score (nSPS) is 14.4. The van der Waals surface area contributed by atoms with E-state index in [1.807, 2.05) is 4.90 Å². The van der Waals surface area contributed by atoms with Crippen LogP contribution in [0.1, 0.15) is 12.8 Å². The summed E-state index contributed by atoms with van der Waals surface area (Å²) in [5.41, 5.74) is 7.20. The highest BCUT2D eigenvalue weighted by molar-refractivity contribution is 5.96. The standard InChI is InChI=1S/C26H20F3N5/c1-31-23-7-6-15(12-22(23)29)25-19-13-18(17-4-2-3-5-20(17)27)21(28)14-24(19)32-26(33-25)34-10-8-16(30)9-11-34/h2-7,12-14,16H,8-11,30H2. The molecule has 0 atom stereocenters.